The van der Waals surface area contributed by atoms with Crippen LogP contribution in [0.1, 0.15) is 11.1 Å². The highest BCUT2D eigenvalue weighted by Crippen LogP contribution is 2.25. The van der Waals surface area contributed by atoms with Gasteiger partial charge in [0, 0.05) is 11.1 Å². The highest BCUT2D eigenvalue weighted by atomic mass is 14.1. The Balaban J connectivity index is 2.01. The molecule has 0 saturated carbocycles. The molecule has 0 fully saturated rings. The van der Waals surface area contributed by atoms with Gasteiger partial charge in [-0.05, 0) is 29.3 Å². The molecule has 0 heteroatoms. The standard InChI is InChI=1S/C18H12/c1-3-7-15(8-4-1)11-12-17-14-13-16-9-5-2-6-10-18(16)17/h1-10,13-14H. The SMILES string of the molecule is C(#Cc1ccc2cccccc1-2)c1ccccc1. The molecule has 0 atom stereocenters. The molecule has 1 aromatic carbocycles. The molecule has 0 radical (unpaired) electrons. The van der Waals surface area contributed by atoms with Crippen LogP contribution in [0.5, 0.6) is 0 Å². The molecule has 2 aliphatic carbocycles. The summed E-state index contributed by atoms with van der Waals surface area (Å²) in [6.45, 7) is 0. The summed E-state index contributed by atoms with van der Waals surface area (Å²) in [5.74, 6) is 6.45. The zero-order chi connectivity index (χ0) is 12.2. The Labute approximate surface area is 107 Å². The lowest BCUT2D eigenvalue weighted by Crippen LogP contribution is -1.74. The third-order valence-electron chi connectivity index (χ3n) is 2.91. The third kappa shape index (κ3) is 2.12. The quantitative estimate of drug-likeness (QED) is 0.506. The first-order valence-electron chi connectivity index (χ1n) is 5.98. The second-order valence-corrected chi connectivity index (χ2v) is 4.14. The molecule has 84 valence electrons. The summed E-state index contributed by atoms with van der Waals surface area (Å²) in [7, 11) is 0. The second-order valence-electron chi connectivity index (χ2n) is 4.14. The van der Waals surface area contributed by atoms with Gasteiger partial charge >= 0.3 is 0 Å². The summed E-state index contributed by atoms with van der Waals surface area (Å²) in [6, 6.07) is 24.6. The van der Waals surface area contributed by atoms with Crippen molar-refractivity contribution in [3.05, 3.63) is 83.9 Å². The van der Waals surface area contributed by atoms with Gasteiger partial charge in [0.15, 0.2) is 0 Å². The Morgan fingerprint density at radius 2 is 1.28 bits per heavy atom. The molecule has 0 aromatic heterocycles. The van der Waals surface area contributed by atoms with E-state index in [1.807, 2.05) is 36.4 Å². The lowest BCUT2D eigenvalue weighted by molar-refractivity contribution is 1.64. The summed E-state index contributed by atoms with van der Waals surface area (Å²) in [4.78, 5) is 0. The van der Waals surface area contributed by atoms with Gasteiger partial charge in [0.1, 0.15) is 0 Å². The van der Waals surface area contributed by atoms with E-state index in [4.69, 9.17) is 0 Å². The van der Waals surface area contributed by atoms with Crippen LogP contribution in [0, 0.1) is 11.8 Å². The van der Waals surface area contributed by atoms with Crippen molar-refractivity contribution in [2.75, 3.05) is 0 Å². The van der Waals surface area contributed by atoms with Crippen LogP contribution >= 0.6 is 0 Å². The van der Waals surface area contributed by atoms with E-state index in [1.165, 1.54) is 11.1 Å². The van der Waals surface area contributed by atoms with E-state index in [0.717, 1.165) is 11.1 Å². The monoisotopic (exact) mass is 228 g/mol. The van der Waals surface area contributed by atoms with E-state index < -0.39 is 0 Å². The van der Waals surface area contributed by atoms with Crippen molar-refractivity contribution in [1.82, 2.24) is 0 Å². The van der Waals surface area contributed by atoms with Crippen molar-refractivity contribution in [2.24, 2.45) is 0 Å². The zero-order valence-electron chi connectivity index (χ0n) is 9.93. The molecule has 18 heavy (non-hydrogen) atoms. The number of fused-ring (bicyclic) bond motifs is 1. The molecule has 0 nitrogen and oxygen atoms in total. The van der Waals surface area contributed by atoms with Gasteiger partial charge in [-0.2, -0.15) is 0 Å². The van der Waals surface area contributed by atoms with Crippen molar-refractivity contribution < 1.29 is 0 Å². The first-order chi connectivity index (χ1) is 8.93. The van der Waals surface area contributed by atoms with E-state index in [9.17, 15) is 0 Å². The van der Waals surface area contributed by atoms with Crippen molar-refractivity contribution >= 4 is 0 Å². The molecule has 0 amide bonds. The van der Waals surface area contributed by atoms with Crippen molar-refractivity contribution in [3.8, 4) is 23.0 Å². The average Bonchev–Trinajstić information content (AvgIpc) is 2.65. The second kappa shape index (κ2) is 4.77. The van der Waals surface area contributed by atoms with Gasteiger partial charge in [-0.1, -0.05) is 66.4 Å². The molecule has 1 aromatic rings. The van der Waals surface area contributed by atoms with Gasteiger partial charge in [-0.25, -0.2) is 0 Å². The molecule has 0 heterocycles. The molecule has 3 rings (SSSR count). The number of rotatable bonds is 0. The Hall–Kier alpha value is -2.52. The van der Waals surface area contributed by atoms with Gasteiger partial charge in [0.05, 0.1) is 0 Å². The van der Waals surface area contributed by atoms with E-state index in [1.54, 1.807) is 0 Å². The number of benzene rings is 1. The predicted molar refractivity (Wildman–Crippen MR) is 75.5 cm³/mol. The summed E-state index contributed by atoms with van der Waals surface area (Å²) in [6.07, 6.45) is 0. The van der Waals surface area contributed by atoms with Gasteiger partial charge in [0.25, 0.3) is 0 Å². The minimum atomic E-state index is 1.05. The minimum Gasteiger partial charge on any atom is -0.0622 e. The largest absolute Gasteiger partial charge is 0.0622 e. The highest BCUT2D eigenvalue weighted by molar-refractivity contribution is 5.74. The van der Waals surface area contributed by atoms with Crippen LogP contribution in [0.2, 0.25) is 0 Å². The number of hydrogen-bond donors (Lipinski definition) is 0. The zero-order valence-corrected chi connectivity index (χ0v) is 9.93. The molecular weight excluding hydrogens is 216 g/mol. The predicted octanol–water partition coefficient (Wildman–Crippen LogP) is 4.19. The maximum atomic E-state index is 3.25. The molecular formula is C18H12. The normalized spacial score (nSPS) is 9.78. The van der Waals surface area contributed by atoms with Crippen LogP contribution in [0.3, 0.4) is 0 Å². The molecule has 0 bridgehead atoms. The maximum Gasteiger partial charge on any atom is 0.0327 e. The van der Waals surface area contributed by atoms with Crippen molar-refractivity contribution in [1.29, 1.82) is 0 Å². The Bertz CT molecular complexity index is 684. The molecule has 0 N–H and O–H groups in total. The summed E-state index contributed by atoms with van der Waals surface area (Å²) < 4.78 is 0. The minimum absolute atomic E-state index is 1.05. The topological polar surface area (TPSA) is 0 Å². The summed E-state index contributed by atoms with van der Waals surface area (Å²) in [5.41, 5.74) is 4.58. The fourth-order valence-corrected chi connectivity index (χ4v) is 1.98. The van der Waals surface area contributed by atoms with E-state index >= 15 is 0 Å². The van der Waals surface area contributed by atoms with Gasteiger partial charge in [-0.3, -0.25) is 0 Å². The van der Waals surface area contributed by atoms with E-state index in [2.05, 4.69) is 48.2 Å². The van der Waals surface area contributed by atoms with Crippen LogP contribution < -0.4 is 0 Å². The van der Waals surface area contributed by atoms with Crippen LogP contribution in [0.4, 0.5) is 0 Å². The first-order valence-corrected chi connectivity index (χ1v) is 5.98. The lowest BCUT2D eigenvalue weighted by Gasteiger charge is -1.92. The molecule has 2 aliphatic rings. The first kappa shape index (κ1) is 10.6. The van der Waals surface area contributed by atoms with Crippen LogP contribution in [-0.4, -0.2) is 0 Å². The van der Waals surface area contributed by atoms with Crippen LogP contribution in [0.15, 0.2) is 72.8 Å². The summed E-state index contributed by atoms with van der Waals surface area (Å²) >= 11 is 0. The van der Waals surface area contributed by atoms with Crippen molar-refractivity contribution in [3.63, 3.8) is 0 Å². The lowest BCUT2D eigenvalue weighted by atomic mass is 10.1. The fourth-order valence-electron chi connectivity index (χ4n) is 1.98. The molecule has 0 aliphatic heterocycles. The maximum absolute atomic E-state index is 3.25. The van der Waals surface area contributed by atoms with Gasteiger partial charge < -0.3 is 0 Å². The molecule has 0 saturated heterocycles. The smallest absolute Gasteiger partial charge is 0.0327 e. The fraction of sp³-hybridized carbons (Fsp3) is 0. The Kier molecular flexibility index (Phi) is 2.82. The molecule has 0 spiro atoms. The number of hydrogen-bond acceptors (Lipinski definition) is 0. The Morgan fingerprint density at radius 3 is 2.11 bits per heavy atom. The van der Waals surface area contributed by atoms with Crippen LogP contribution in [-0.2, 0) is 0 Å². The van der Waals surface area contributed by atoms with Gasteiger partial charge in [0.2, 0.25) is 0 Å². The van der Waals surface area contributed by atoms with E-state index in [-0.39, 0.29) is 0 Å². The van der Waals surface area contributed by atoms with Crippen LogP contribution in [0.25, 0.3) is 11.1 Å². The molecule has 0 unspecified atom stereocenters. The van der Waals surface area contributed by atoms with E-state index in [0.29, 0.717) is 0 Å². The highest BCUT2D eigenvalue weighted by Gasteiger charge is 2.04. The third-order valence-corrected chi connectivity index (χ3v) is 2.91. The van der Waals surface area contributed by atoms with Gasteiger partial charge in [-0.15, -0.1) is 0 Å². The summed E-state index contributed by atoms with van der Waals surface area (Å²) in [5, 5.41) is 0. The van der Waals surface area contributed by atoms with Crippen molar-refractivity contribution in [2.45, 2.75) is 0 Å². The average molecular weight is 228 g/mol. The Morgan fingerprint density at radius 1 is 0.556 bits per heavy atom.